The number of imide groups is 1. The van der Waals surface area contributed by atoms with Crippen LogP contribution in [-0.2, 0) is 22.6 Å². The number of nitrogens with zero attached hydrogens (tertiary/aromatic N) is 7. The first kappa shape index (κ1) is 63.5. The van der Waals surface area contributed by atoms with Crippen LogP contribution in [0.25, 0.3) is 11.1 Å². The van der Waals surface area contributed by atoms with Crippen molar-refractivity contribution in [3.05, 3.63) is 89.3 Å². The van der Waals surface area contributed by atoms with E-state index in [9.17, 15) is 19.2 Å². The molecule has 71 heavy (non-hydrogen) atoms. The van der Waals surface area contributed by atoms with Crippen LogP contribution >= 0.6 is 0 Å². The number of hydrogen-bond acceptors (Lipinski definition) is 10. The number of hydrogen-bond donors (Lipinski definition) is 1. The van der Waals surface area contributed by atoms with Crippen LogP contribution in [0.4, 0.5) is 17.3 Å². The summed E-state index contributed by atoms with van der Waals surface area (Å²) in [5.74, 6) is 1.49. The average molecular weight is 979 g/mol. The van der Waals surface area contributed by atoms with E-state index in [0.717, 1.165) is 89.8 Å². The molecule has 3 aromatic rings. The van der Waals surface area contributed by atoms with Crippen molar-refractivity contribution in [1.82, 2.24) is 20.2 Å². The summed E-state index contributed by atoms with van der Waals surface area (Å²) in [5, 5.41) is 2.25. The lowest BCUT2D eigenvalue weighted by Gasteiger charge is -2.37. The highest BCUT2D eigenvalue weighted by molar-refractivity contribution is 6.10. The fourth-order valence-corrected chi connectivity index (χ4v) is 8.38. The number of allylic oxidation sites excluding steroid dienone is 2. The number of benzene rings is 1. The van der Waals surface area contributed by atoms with Gasteiger partial charge in [-0.15, -0.1) is 0 Å². The lowest BCUT2D eigenvalue weighted by molar-refractivity contribution is -0.135. The van der Waals surface area contributed by atoms with Crippen LogP contribution in [0.1, 0.15) is 198 Å². The predicted molar refractivity (Wildman–Crippen MR) is 303 cm³/mol. The maximum absolute atomic E-state index is 13.2. The van der Waals surface area contributed by atoms with Crippen molar-refractivity contribution in [2.45, 2.75) is 174 Å². The minimum absolute atomic E-state index is 0.0153. The summed E-state index contributed by atoms with van der Waals surface area (Å²) >= 11 is 0. The standard InChI is InChI=1S/C22H26N4O.C21H32N2O.C6H9NO2.C3H7N.C3H8.2C2H6/c1-5-18-17-13-26(20-10-6-9-19(24-20)14(2)3)22(27)16(17)12-21(23-18)25-11-7-8-15(25)4;1-5-6-7-8-12-22-13-15-23(16-14-22)20-11-9-10-19(18(4)24)21(20)17(2)3;1-4-2-3-5(8)7-6(4)9;1-3-4-2;1-3-2;2*1-2/h6,9-10,12,15H,2,5,7-8,11,13H2,1,3-4H3;9-11H,2,5-8,12-16H2,1,3-4H3;4H,2-3H2,1H3,(H,7,8,9);3H,1-2H3;3H2,1-2H3;2*1-2H3. The number of unbranched alkanes of at least 4 members (excludes halogenated alkanes) is 3. The largest absolute Gasteiger partial charge is 0.368 e. The Morgan fingerprint density at radius 2 is 1.46 bits per heavy atom. The summed E-state index contributed by atoms with van der Waals surface area (Å²) in [7, 11) is 1.75. The third-order valence-corrected chi connectivity index (χ3v) is 12.3. The number of carbonyl (C=O) groups excluding carboxylic acids is 4. The quantitative estimate of drug-likeness (QED) is 0.0815. The van der Waals surface area contributed by atoms with E-state index in [2.05, 4.69) is 83.8 Å². The van der Waals surface area contributed by atoms with Gasteiger partial charge in [0.05, 0.1) is 17.8 Å². The molecule has 2 aromatic heterocycles. The van der Waals surface area contributed by atoms with Crippen molar-refractivity contribution in [2.75, 3.05) is 61.0 Å². The monoisotopic (exact) mass is 979 g/mol. The lowest BCUT2D eigenvalue weighted by atomic mass is 9.96. The third kappa shape index (κ3) is 19.9. The number of carbonyl (C=O) groups is 4. The van der Waals surface area contributed by atoms with Gasteiger partial charge in [-0.05, 0) is 115 Å². The zero-order valence-electron chi connectivity index (χ0n) is 47.0. The van der Waals surface area contributed by atoms with Gasteiger partial charge in [-0.2, -0.15) is 0 Å². The van der Waals surface area contributed by atoms with Crippen molar-refractivity contribution in [1.29, 1.82) is 0 Å². The second kappa shape index (κ2) is 34.8. The van der Waals surface area contributed by atoms with E-state index < -0.39 is 0 Å². The van der Waals surface area contributed by atoms with Gasteiger partial charge in [-0.25, -0.2) is 9.97 Å². The fraction of sp³-hybridized carbons (Fsp3) is 0.576. The number of pyridine rings is 2. The smallest absolute Gasteiger partial charge is 0.260 e. The van der Waals surface area contributed by atoms with Crippen LogP contribution in [-0.4, -0.2) is 96.9 Å². The molecule has 2 unspecified atom stereocenters. The number of amides is 3. The highest BCUT2D eigenvalue weighted by Crippen LogP contribution is 2.34. The molecule has 1 N–H and O–H groups in total. The second-order valence-corrected chi connectivity index (χ2v) is 18.0. The number of ketones is 1. The van der Waals surface area contributed by atoms with Gasteiger partial charge < -0.3 is 14.8 Å². The number of Topliss-reactive ketones (excluding diaryl/α,β-unsaturated/α-hetero) is 1. The van der Waals surface area contributed by atoms with Crippen LogP contribution in [0.5, 0.6) is 0 Å². The first-order valence-electron chi connectivity index (χ1n) is 26.8. The van der Waals surface area contributed by atoms with Gasteiger partial charge in [0.25, 0.3) is 5.91 Å². The minimum atomic E-state index is -0.141. The molecule has 0 saturated carbocycles. The zero-order chi connectivity index (χ0) is 53.6. The van der Waals surface area contributed by atoms with Crippen molar-refractivity contribution in [2.24, 2.45) is 10.9 Å². The highest BCUT2D eigenvalue weighted by Gasteiger charge is 2.34. The molecule has 0 radical (unpaired) electrons. The lowest BCUT2D eigenvalue weighted by Crippen LogP contribution is -2.47. The molecule has 4 aliphatic heterocycles. The molecule has 1 aromatic carbocycles. The van der Waals surface area contributed by atoms with Gasteiger partial charge in [0, 0.05) is 86.2 Å². The number of piperazine rings is 1. The number of rotatable bonds is 12. The first-order valence-corrected chi connectivity index (χ1v) is 26.8. The molecule has 12 nitrogen and oxygen atoms in total. The van der Waals surface area contributed by atoms with E-state index in [1.807, 2.05) is 91.8 Å². The molecule has 0 aliphatic carbocycles. The Kier molecular flexibility index (Phi) is 31.1. The SMILES string of the molecule is C=C(C)c1c(C(C)=O)cccc1N1CCN(CCCCCC)CC1.C=C(C)c1cccc(N2Cc3c(cc(N4CCCC4C)nc3CC)C2=O)n1.CC.CC.CC1CCC(=O)NC1=O.CC=NC.CCC. The van der Waals surface area contributed by atoms with Gasteiger partial charge in [-0.3, -0.25) is 34.3 Å². The highest BCUT2D eigenvalue weighted by atomic mass is 16.2. The normalized spacial score (nSPS) is 16.9. The van der Waals surface area contributed by atoms with Gasteiger partial charge in [0.2, 0.25) is 11.8 Å². The maximum Gasteiger partial charge on any atom is 0.260 e. The number of aliphatic imine (C=N–C) groups is 1. The van der Waals surface area contributed by atoms with Crippen molar-refractivity contribution < 1.29 is 19.2 Å². The molecule has 6 heterocycles. The number of anilines is 3. The van der Waals surface area contributed by atoms with E-state index in [0.29, 0.717) is 31.2 Å². The number of aromatic nitrogens is 2. The Hall–Kier alpha value is -5.49. The number of aryl methyl sites for hydroxylation is 1. The van der Waals surface area contributed by atoms with Crippen LogP contribution < -0.4 is 20.0 Å². The predicted octanol–water partition coefficient (Wildman–Crippen LogP) is 13.1. The molecule has 0 bridgehead atoms. The van der Waals surface area contributed by atoms with Gasteiger partial charge in [0.1, 0.15) is 11.6 Å². The van der Waals surface area contributed by atoms with E-state index in [1.165, 1.54) is 57.2 Å². The molecule has 3 fully saturated rings. The Labute approximate surface area is 430 Å². The average Bonchev–Trinajstić information content (AvgIpc) is 3.97. The Bertz CT molecular complexity index is 2150. The van der Waals surface area contributed by atoms with Crippen molar-refractivity contribution >= 4 is 58.2 Å². The minimum Gasteiger partial charge on any atom is -0.368 e. The summed E-state index contributed by atoms with van der Waals surface area (Å²) in [6.07, 6.45) is 12.7. The molecule has 7 rings (SSSR count). The van der Waals surface area contributed by atoms with Crippen LogP contribution in [0.3, 0.4) is 0 Å². The molecule has 4 aliphatic rings. The van der Waals surface area contributed by atoms with Crippen molar-refractivity contribution in [3.8, 4) is 0 Å². The Morgan fingerprint density at radius 1 is 0.831 bits per heavy atom. The summed E-state index contributed by atoms with van der Waals surface area (Å²) in [4.78, 5) is 68.6. The molecule has 2 atom stereocenters. The summed E-state index contributed by atoms with van der Waals surface area (Å²) in [5.41, 5.74) is 8.51. The summed E-state index contributed by atoms with van der Waals surface area (Å²) in [6.45, 7) is 43.2. The summed E-state index contributed by atoms with van der Waals surface area (Å²) < 4.78 is 0. The third-order valence-electron chi connectivity index (χ3n) is 12.3. The number of piperidine rings is 1. The second-order valence-electron chi connectivity index (χ2n) is 18.0. The maximum atomic E-state index is 13.2. The van der Waals surface area contributed by atoms with E-state index in [1.54, 1.807) is 25.1 Å². The molecular weight excluding hydrogens is 885 g/mol. The molecule has 12 heteroatoms. The topological polar surface area (TPSA) is 131 Å². The summed E-state index contributed by atoms with van der Waals surface area (Å²) in [6, 6.07) is 14.2. The van der Waals surface area contributed by atoms with Crippen molar-refractivity contribution in [3.63, 3.8) is 0 Å². The number of nitrogens with one attached hydrogen (secondary N) is 1. The molecular formula is C59H94N8O4. The van der Waals surface area contributed by atoms with Gasteiger partial charge in [-0.1, -0.05) is 119 Å². The van der Waals surface area contributed by atoms with Crippen LogP contribution in [0.15, 0.2) is 60.6 Å². The van der Waals surface area contributed by atoms with Gasteiger partial charge >= 0.3 is 0 Å². The van der Waals surface area contributed by atoms with E-state index in [-0.39, 0.29) is 29.4 Å². The number of fused-ring (bicyclic) bond motifs is 1. The Balaban J connectivity index is 0.000000519. The zero-order valence-corrected chi connectivity index (χ0v) is 47.0. The first-order chi connectivity index (χ1) is 34.1. The molecule has 394 valence electrons. The van der Waals surface area contributed by atoms with Crippen LogP contribution in [0.2, 0.25) is 0 Å². The molecule has 3 amide bonds. The molecule has 3 saturated heterocycles. The molecule has 0 spiro atoms. The Morgan fingerprint density at radius 3 is 1.97 bits per heavy atom. The fourth-order valence-electron chi connectivity index (χ4n) is 8.38. The van der Waals surface area contributed by atoms with Crippen LogP contribution in [0, 0.1) is 5.92 Å². The van der Waals surface area contributed by atoms with E-state index in [4.69, 9.17) is 4.98 Å². The van der Waals surface area contributed by atoms with Gasteiger partial charge in [0.15, 0.2) is 5.78 Å². The van der Waals surface area contributed by atoms with E-state index >= 15 is 0 Å².